The van der Waals surface area contributed by atoms with Gasteiger partial charge in [0.05, 0.1) is 0 Å². The Kier molecular flexibility index (Phi) is 5.45. The van der Waals surface area contributed by atoms with Gasteiger partial charge in [-0.25, -0.2) is 0 Å². The van der Waals surface area contributed by atoms with Gasteiger partial charge in [-0.05, 0) is 38.0 Å². The van der Waals surface area contributed by atoms with Crippen molar-refractivity contribution < 1.29 is 4.79 Å². The molecule has 0 spiro atoms. The normalized spacial score (nSPS) is 11.4. The van der Waals surface area contributed by atoms with E-state index in [0.717, 1.165) is 5.56 Å². The molecule has 0 aliphatic carbocycles. The van der Waals surface area contributed by atoms with Gasteiger partial charge in [0.2, 0.25) is 5.91 Å². The van der Waals surface area contributed by atoms with Gasteiger partial charge in [-0.15, -0.1) is 0 Å². The molecular formula is C13H18Cl2N2O. The molecule has 0 aliphatic heterocycles. The van der Waals surface area contributed by atoms with Gasteiger partial charge >= 0.3 is 0 Å². The highest BCUT2D eigenvalue weighted by Crippen LogP contribution is 2.21. The molecule has 1 amide bonds. The van der Waals surface area contributed by atoms with Crippen LogP contribution in [-0.2, 0) is 11.2 Å². The van der Waals surface area contributed by atoms with Crippen LogP contribution in [-0.4, -0.2) is 18.0 Å². The summed E-state index contributed by atoms with van der Waals surface area (Å²) in [6.07, 6.45) is 0.980. The van der Waals surface area contributed by atoms with Crippen molar-refractivity contribution >= 4 is 29.1 Å². The number of nitrogens with one attached hydrogen (secondary N) is 1. The van der Waals surface area contributed by atoms with Crippen molar-refractivity contribution in [1.82, 2.24) is 5.32 Å². The number of rotatable bonds is 5. The zero-order valence-electron chi connectivity index (χ0n) is 10.6. The Bertz CT molecular complexity index is 427. The first kappa shape index (κ1) is 15.3. The lowest BCUT2D eigenvalue weighted by molar-refractivity contribution is -0.121. The van der Waals surface area contributed by atoms with E-state index >= 15 is 0 Å². The largest absolute Gasteiger partial charge is 0.356 e. The Morgan fingerprint density at radius 2 is 2.06 bits per heavy atom. The van der Waals surface area contributed by atoms with E-state index in [1.165, 1.54) is 0 Å². The minimum Gasteiger partial charge on any atom is -0.356 e. The summed E-state index contributed by atoms with van der Waals surface area (Å²) < 4.78 is 0. The number of benzene rings is 1. The van der Waals surface area contributed by atoms with Crippen molar-refractivity contribution in [2.75, 3.05) is 6.54 Å². The van der Waals surface area contributed by atoms with E-state index in [4.69, 9.17) is 28.9 Å². The number of carbonyl (C=O) groups is 1. The van der Waals surface area contributed by atoms with Gasteiger partial charge in [-0.2, -0.15) is 0 Å². The van der Waals surface area contributed by atoms with Gasteiger partial charge in [0.15, 0.2) is 0 Å². The van der Waals surface area contributed by atoms with Crippen LogP contribution in [0.2, 0.25) is 10.0 Å². The molecule has 100 valence electrons. The second kappa shape index (κ2) is 6.41. The SMILES string of the molecule is CC(C)(N)CC(=O)NCCc1ccc(Cl)cc1Cl. The first-order valence-corrected chi connectivity index (χ1v) is 6.53. The maximum Gasteiger partial charge on any atom is 0.221 e. The smallest absolute Gasteiger partial charge is 0.221 e. The Morgan fingerprint density at radius 1 is 1.39 bits per heavy atom. The third-order valence-electron chi connectivity index (χ3n) is 2.35. The van der Waals surface area contributed by atoms with E-state index in [-0.39, 0.29) is 5.91 Å². The summed E-state index contributed by atoms with van der Waals surface area (Å²) in [5.74, 6) is -0.0485. The van der Waals surface area contributed by atoms with E-state index in [1.54, 1.807) is 12.1 Å². The zero-order chi connectivity index (χ0) is 13.8. The molecule has 18 heavy (non-hydrogen) atoms. The highest BCUT2D eigenvalue weighted by molar-refractivity contribution is 6.35. The van der Waals surface area contributed by atoms with Gasteiger partial charge in [-0.3, -0.25) is 4.79 Å². The quantitative estimate of drug-likeness (QED) is 0.875. The molecule has 0 saturated carbocycles. The molecule has 1 aromatic carbocycles. The average molecular weight is 289 g/mol. The molecule has 1 rings (SSSR count). The monoisotopic (exact) mass is 288 g/mol. The molecule has 0 aromatic heterocycles. The van der Waals surface area contributed by atoms with E-state index in [9.17, 15) is 4.79 Å². The second-order valence-electron chi connectivity index (χ2n) is 5.00. The molecule has 0 unspecified atom stereocenters. The molecule has 0 bridgehead atoms. The molecule has 0 atom stereocenters. The summed E-state index contributed by atoms with van der Waals surface area (Å²) in [6.45, 7) is 4.18. The highest BCUT2D eigenvalue weighted by Gasteiger charge is 2.15. The number of hydrogen-bond donors (Lipinski definition) is 2. The van der Waals surface area contributed by atoms with Crippen LogP contribution in [0.4, 0.5) is 0 Å². The van der Waals surface area contributed by atoms with Crippen LogP contribution in [0, 0.1) is 0 Å². The van der Waals surface area contributed by atoms with Crippen LogP contribution in [0.25, 0.3) is 0 Å². The topological polar surface area (TPSA) is 55.1 Å². The highest BCUT2D eigenvalue weighted by atomic mass is 35.5. The van der Waals surface area contributed by atoms with Crippen LogP contribution in [0.3, 0.4) is 0 Å². The summed E-state index contributed by atoms with van der Waals surface area (Å²) in [4.78, 5) is 11.5. The van der Waals surface area contributed by atoms with E-state index in [2.05, 4.69) is 5.32 Å². The Morgan fingerprint density at radius 3 is 2.61 bits per heavy atom. The van der Waals surface area contributed by atoms with E-state index in [0.29, 0.717) is 29.4 Å². The third kappa shape index (κ3) is 5.71. The van der Waals surface area contributed by atoms with Crippen LogP contribution in [0.15, 0.2) is 18.2 Å². The molecule has 0 radical (unpaired) electrons. The van der Waals surface area contributed by atoms with Crippen LogP contribution in [0.1, 0.15) is 25.8 Å². The summed E-state index contributed by atoms with van der Waals surface area (Å²) in [5.41, 5.74) is 6.25. The zero-order valence-corrected chi connectivity index (χ0v) is 12.1. The first-order valence-electron chi connectivity index (χ1n) is 5.77. The van der Waals surface area contributed by atoms with Crippen LogP contribution < -0.4 is 11.1 Å². The first-order chi connectivity index (χ1) is 8.28. The average Bonchev–Trinajstić information content (AvgIpc) is 2.18. The van der Waals surface area contributed by atoms with Gasteiger partial charge in [-0.1, -0.05) is 29.3 Å². The molecule has 3 nitrogen and oxygen atoms in total. The molecule has 1 aromatic rings. The van der Waals surface area contributed by atoms with Crippen molar-refractivity contribution in [1.29, 1.82) is 0 Å². The second-order valence-corrected chi connectivity index (χ2v) is 5.84. The minimum atomic E-state index is -0.484. The fourth-order valence-corrected chi connectivity index (χ4v) is 2.04. The Balaban J connectivity index is 2.40. The van der Waals surface area contributed by atoms with Crippen molar-refractivity contribution in [2.45, 2.75) is 32.2 Å². The summed E-state index contributed by atoms with van der Waals surface area (Å²) in [6, 6.07) is 5.35. The fourth-order valence-electron chi connectivity index (χ4n) is 1.54. The summed E-state index contributed by atoms with van der Waals surface area (Å²) in [7, 11) is 0. The Labute approximate surface area is 118 Å². The van der Waals surface area contributed by atoms with Gasteiger partial charge in [0, 0.05) is 28.5 Å². The van der Waals surface area contributed by atoms with E-state index in [1.807, 2.05) is 19.9 Å². The number of hydrogen-bond acceptors (Lipinski definition) is 2. The molecular weight excluding hydrogens is 271 g/mol. The molecule has 0 fully saturated rings. The minimum absolute atomic E-state index is 0.0485. The molecule has 5 heteroatoms. The van der Waals surface area contributed by atoms with E-state index < -0.39 is 5.54 Å². The molecule has 0 heterocycles. The number of halogens is 2. The maximum atomic E-state index is 11.5. The molecule has 3 N–H and O–H groups in total. The molecule has 0 saturated heterocycles. The van der Waals surface area contributed by atoms with Crippen molar-refractivity contribution in [2.24, 2.45) is 5.73 Å². The van der Waals surface area contributed by atoms with Crippen LogP contribution in [0.5, 0.6) is 0 Å². The van der Waals surface area contributed by atoms with Crippen molar-refractivity contribution in [3.63, 3.8) is 0 Å². The van der Waals surface area contributed by atoms with Crippen LogP contribution >= 0.6 is 23.2 Å². The number of amides is 1. The lowest BCUT2D eigenvalue weighted by atomic mass is 10.0. The number of nitrogens with two attached hydrogens (primary N) is 1. The van der Waals surface area contributed by atoms with Gasteiger partial charge < -0.3 is 11.1 Å². The third-order valence-corrected chi connectivity index (χ3v) is 2.93. The number of carbonyl (C=O) groups excluding carboxylic acids is 1. The van der Waals surface area contributed by atoms with Crippen molar-refractivity contribution in [3.05, 3.63) is 33.8 Å². The maximum absolute atomic E-state index is 11.5. The Hall–Kier alpha value is -0.770. The van der Waals surface area contributed by atoms with Gasteiger partial charge in [0.25, 0.3) is 0 Å². The predicted molar refractivity (Wildman–Crippen MR) is 76.1 cm³/mol. The summed E-state index contributed by atoms with van der Waals surface area (Å²) in [5, 5.41) is 4.05. The molecule has 0 aliphatic rings. The summed E-state index contributed by atoms with van der Waals surface area (Å²) >= 11 is 11.8. The predicted octanol–water partition coefficient (Wildman–Crippen LogP) is 2.78. The lowest BCUT2D eigenvalue weighted by Gasteiger charge is -2.17. The van der Waals surface area contributed by atoms with Gasteiger partial charge in [0.1, 0.15) is 0 Å². The van der Waals surface area contributed by atoms with Crippen molar-refractivity contribution in [3.8, 4) is 0 Å². The lowest BCUT2D eigenvalue weighted by Crippen LogP contribution is -2.39. The fraction of sp³-hybridized carbons (Fsp3) is 0.462. The standard InChI is InChI=1S/C13H18Cl2N2O/c1-13(2,16)8-12(18)17-6-5-9-3-4-10(14)7-11(9)15/h3-4,7H,5-6,8,16H2,1-2H3,(H,17,18).